The molecule has 0 unspecified atom stereocenters. The highest BCUT2D eigenvalue weighted by molar-refractivity contribution is 9.10. The summed E-state index contributed by atoms with van der Waals surface area (Å²) in [4.78, 5) is 13.3. The summed E-state index contributed by atoms with van der Waals surface area (Å²) in [5.74, 6) is -1.72. The van der Waals surface area contributed by atoms with Gasteiger partial charge in [0.05, 0.1) is 16.4 Å². The standard InChI is InChI=1S/C7H8BrN3O6S2/c8-5-3-6(11(12)13)7(10-4-5)18(14,15)1-2-19(9,16)17/h3-4H,1-2H2,(H2,9,16,17). The van der Waals surface area contributed by atoms with Crippen LogP contribution in [0.2, 0.25) is 0 Å². The second-order valence-corrected chi connectivity index (χ2v) is 8.09. The fraction of sp³-hybridized carbons (Fsp3) is 0.286. The van der Waals surface area contributed by atoms with Gasteiger partial charge < -0.3 is 0 Å². The van der Waals surface area contributed by atoms with Gasteiger partial charge in [0.2, 0.25) is 24.9 Å². The Hall–Kier alpha value is -1.11. The van der Waals surface area contributed by atoms with Gasteiger partial charge in [-0.2, -0.15) is 0 Å². The van der Waals surface area contributed by atoms with Crippen molar-refractivity contribution in [3.05, 3.63) is 26.9 Å². The Kier molecular flexibility index (Phi) is 4.60. The van der Waals surface area contributed by atoms with Gasteiger partial charge in [-0.05, 0) is 15.9 Å². The fourth-order valence-electron chi connectivity index (χ4n) is 1.11. The topological polar surface area (TPSA) is 150 Å². The number of sulfonamides is 1. The molecule has 0 aliphatic carbocycles. The van der Waals surface area contributed by atoms with E-state index in [2.05, 4.69) is 26.1 Å². The number of rotatable bonds is 5. The highest BCUT2D eigenvalue weighted by Crippen LogP contribution is 2.25. The molecule has 12 heteroatoms. The molecular formula is C7H8BrN3O6S2. The second kappa shape index (κ2) is 5.48. The molecule has 0 atom stereocenters. The van der Waals surface area contributed by atoms with Crippen LogP contribution in [0.5, 0.6) is 0 Å². The summed E-state index contributed by atoms with van der Waals surface area (Å²) in [5, 5.41) is 14.7. The summed E-state index contributed by atoms with van der Waals surface area (Å²) in [6, 6.07) is 0.969. The molecule has 1 heterocycles. The van der Waals surface area contributed by atoms with Gasteiger partial charge in [0.25, 0.3) is 0 Å². The zero-order valence-electron chi connectivity index (χ0n) is 9.18. The van der Waals surface area contributed by atoms with Crippen LogP contribution in [0.1, 0.15) is 0 Å². The Labute approximate surface area is 117 Å². The van der Waals surface area contributed by atoms with Crippen LogP contribution in [0.15, 0.2) is 21.8 Å². The number of hydrogen-bond acceptors (Lipinski definition) is 7. The number of aromatic nitrogens is 1. The summed E-state index contributed by atoms with van der Waals surface area (Å²) >= 11 is 2.92. The molecule has 0 aliphatic rings. The molecule has 106 valence electrons. The quantitative estimate of drug-likeness (QED) is 0.554. The Morgan fingerprint density at radius 2 is 1.89 bits per heavy atom. The van der Waals surface area contributed by atoms with Crippen LogP contribution < -0.4 is 5.14 Å². The van der Waals surface area contributed by atoms with Crippen molar-refractivity contribution in [2.45, 2.75) is 5.03 Å². The third kappa shape index (κ3) is 4.49. The Bertz CT molecular complexity index is 714. The highest BCUT2D eigenvalue weighted by Gasteiger charge is 2.28. The van der Waals surface area contributed by atoms with E-state index in [1.54, 1.807) is 0 Å². The molecule has 0 aliphatic heterocycles. The first kappa shape index (κ1) is 15.9. The normalized spacial score (nSPS) is 12.3. The van der Waals surface area contributed by atoms with Crippen LogP contribution in [0.3, 0.4) is 0 Å². The number of nitro groups is 1. The maximum Gasteiger partial charge on any atom is 0.307 e. The minimum absolute atomic E-state index is 0.226. The molecular weight excluding hydrogens is 366 g/mol. The summed E-state index contributed by atoms with van der Waals surface area (Å²) in [6.45, 7) is 0. The molecule has 0 spiro atoms. The molecule has 9 nitrogen and oxygen atoms in total. The van der Waals surface area contributed by atoms with E-state index < -0.39 is 47.0 Å². The van der Waals surface area contributed by atoms with E-state index in [1.165, 1.54) is 0 Å². The number of sulfone groups is 1. The van der Waals surface area contributed by atoms with Gasteiger partial charge in [0, 0.05) is 16.7 Å². The van der Waals surface area contributed by atoms with E-state index in [-0.39, 0.29) is 4.47 Å². The Morgan fingerprint density at radius 1 is 1.32 bits per heavy atom. The first-order chi connectivity index (χ1) is 8.53. The molecule has 0 fully saturated rings. The number of hydrogen-bond donors (Lipinski definition) is 1. The Morgan fingerprint density at radius 3 is 2.37 bits per heavy atom. The number of primary sulfonamides is 1. The smallest absolute Gasteiger partial charge is 0.258 e. The Balaban J connectivity index is 3.25. The van der Waals surface area contributed by atoms with E-state index in [1.807, 2.05) is 0 Å². The monoisotopic (exact) mass is 373 g/mol. The van der Waals surface area contributed by atoms with Gasteiger partial charge in [-0.25, -0.2) is 27.0 Å². The lowest BCUT2D eigenvalue weighted by Gasteiger charge is -2.04. The SMILES string of the molecule is NS(=O)(=O)CCS(=O)(=O)c1ncc(Br)cc1[N+](=O)[O-]. The van der Waals surface area contributed by atoms with Crippen molar-refractivity contribution in [1.29, 1.82) is 0 Å². The van der Waals surface area contributed by atoms with Crippen molar-refractivity contribution in [2.75, 3.05) is 11.5 Å². The molecule has 1 aromatic rings. The maximum atomic E-state index is 11.8. The first-order valence-electron chi connectivity index (χ1n) is 4.56. The van der Waals surface area contributed by atoms with Crippen LogP contribution >= 0.6 is 15.9 Å². The van der Waals surface area contributed by atoms with Crippen LogP contribution in [0, 0.1) is 10.1 Å². The third-order valence-electron chi connectivity index (χ3n) is 1.93. The van der Waals surface area contributed by atoms with Gasteiger partial charge in [-0.3, -0.25) is 10.1 Å². The molecule has 0 aromatic carbocycles. The third-order valence-corrected chi connectivity index (χ3v) is 5.04. The van der Waals surface area contributed by atoms with E-state index in [0.29, 0.717) is 0 Å². The number of halogens is 1. The maximum absolute atomic E-state index is 11.8. The largest absolute Gasteiger partial charge is 0.307 e. The van der Waals surface area contributed by atoms with Gasteiger partial charge in [-0.15, -0.1) is 0 Å². The van der Waals surface area contributed by atoms with Gasteiger partial charge in [0.1, 0.15) is 0 Å². The molecule has 2 N–H and O–H groups in total. The average molecular weight is 374 g/mol. The van der Waals surface area contributed by atoms with Crippen LogP contribution in [-0.4, -0.2) is 38.2 Å². The second-order valence-electron chi connectivity index (χ2n) is 3.42. The van der Waals surface area contributed by atoms with Crippen molar-refractivity contribution in [3.63, 3.8) is 0 Å². The zero-order valence-corrected chi connectivity index (χ0v) is 12.4. The van der Waals surface area contributed by atoms with Crippen molar-refractivity contribution < 1.29 is 21.8 Å². The van der Waals surface area contributed by atoms with Crippen LogP contribution in [0.25, 0.3) is 0 Å². The van der Waals surface area contributed by atoms with Crippen molar-refractivity contribution >= 4 is 41.5 Å². The van der Waals surface area contributed by atoms with E-state index in [0.717, 1.165) is 12.3 Å². The summed E-state index contributed by atoms with van der Waals surface area (Å²) in [5.41, 5.74) is -0.733. The van der Waals surface area contributed by atoms with Crippen LogP contribution in [-0.2, 0) is 19.9 Å². The van der Waals surface area contributed by atoms with E-state index >= 15 is 0 Å². The lowest BCUT2D eigenvalue weighted by Crippen LogP contribution is -2.24. The molecule has 19 heavy (non-hydrogen) atoms. The molecule has 0 radical (unpaired) electrons. The summed E-state index contributed by atoms with van der Waals surface area (Å²) in [7, 11) is -8.21. The summed E-state index contributed by atoms with van der Waals surface area (Å²) in [6.07, 6.45) is 1.07. The molecule has 1 rings (SSSR count). The van der Waals surface area contributed by atoms with Crippen LogP contribution in [0.4, 0.5) is 5.69 Å². The molecule has 0 amide bonds. The van der Waals surface area contributed by atoms with Crippen molar-refractivity contribution in [2.24, 2.45) is 5.14 Å². The predicted molar refractivity (Wildman–Crippen MR) is 68.6 cm³/mol. The van der Waals surface area contributed by atoms with Gasteiger partial charge in [-0.1, -0.05) is 0 Å². The van der Waals surface area contributed by atoms with E-state index in [9.17, 15) is 26.9 Å². The summed E-state index contributed by atoms with van der Waals surface area (Å²) < 4.78 is 45.3. The highest BCUT2D eigenvalue weighted by atomic mass is 79.9. The lowest BCUT2D eigenvalue weighted by atomic mass is 10.4. The fourth-order valence-corrected chi connectivity index (χ4v) is 4.09. The minimum atomic E-state index is -4.22. The van der Waals surface area contributed by atoms with Gasteiger partial charge in [0.15, 0.2) is 0 Å². The first-order valence-corrected chi connectivity index (χ1v) is 8.72. The molecule has 0 bridgehead atoms. The number of pyridine rings is 1. The molecule has 0 saturated carbocycles. The van der Waals surface area contributed by atoms with Crippen molar-refractivity contribution in [3.8, 4) is 0 Å². The molecule has 0 saturated heterocycles. The van der Waals surface area contributed by atoms with Gasteiger partial charge >= 0.3 is 5.69 Å². The zero-order chi connectivity index (χ0) is 14.8. The number of nitrogens with zero attached hydrogens (tertiary/aromatic N) is 2. The van der Waals surface area contributed by atoms with Crippen molar-refractivity contribution in [1.82, 2.24) is 4.98 Å². The lowest BCUT2D eigenvalue weighted by molar-refractivity contribution is -0.388. The average Bonchev–Trinajstić information content (AvgIpc) is 2.25. The minimum Gasteiger partial charge on any atom is -0.258 e. The number of nitrogens with two attached hydrogens (primary N) is 1. The van der Waals surface area contributed by atoms with E-state index in [4.69, 9.17) is 0 Å². The molecule has 1 aromatic heterocycles. The predicted octanol–water partition coefficient (Wildman–Crippen LogP) is -0.185.